The molecule has 2 amide bonds. The molecule has 3 rings (SSSR count). The lowest BCUT2D eigenvalue weighted by molar-refractivity contribution is -0.138. The van der Waals surface area contributed by atoms with Crippen molar-refractivity contribution in [3.8, 4) is 0 Å². The zero-order valence-corrected chi connectivity index (χ0v) is 18.6. The fourth-order valence-electron chi connectivity index (χ4n) is 4.03. The number of halogens is 1. The summed E-state index contributed by atoms with van der Waals surface area (Å²) in [6.07, 6.45) is 2.93. The van der Waals surface area contributed by atoms with Gasteiger partial charge in [0.25, 0.3) is 0 Å². The van der Waals surface area contributed by atoms with Gasteiger partial charge in [-0.25, -0.2) is 0 Å². The van der Waals surface area contributed by atoms with Gasteiger partial charge in [-0.3, -0.25) is 9.59 Å². The molecule has 0 spiro atoms. The molecule has 0 aromatic heterocycles. The van der Waals surface area contributed by atoms with Gasteiger partial charge in [0.15, 0.2) is 0 Å². The summed E-state index contributed by atoms with van der Waals surface area (Å²) in [6, 6.07) is 17.5. The Morgan fingerprint density at radius 1 is 1.03 bits per heavy atom. The molecule has 1 aliphatic heterocycles. The molecule has 4 nitrogen and oxygen atoms in total. The number of hydrogen-bond donors (Lipinski definition) is 1. The highest BCUT2D eigenvalue weighted by Crippen LogP contribution is 2.29. The van der Waals surface area contributed by atoms with Gasteiger partial charge in [-0.2, -0.15) is 0 Å². The van der Waals surface area contributed by atoms with E-state index in [9.17, 15) is 9.59 Å². The third-order valence-electron chi connectivity index (χ3n) is 5.88. The monoisotopic (exact) mass is 426 g/mol. The van der Waals surface area contributed by atoms with E-state index in [1.807, 2.05) is 61.2 Å². The second kappa shape index (κ2) is 10.6. The van der Waals surface area contributed by atoms with Crippen molar-refractivity contribution >= 4 is 23.4 Å². The third-order valence-corrected chi connectivity index (χ3v) is 6.13. The molecule has 1 N–H and O–H groups in total. The van der Waals surface area contributed by atoms with Crippen LogP contribution in [0.25, 0.3) is 0 Å². The van der Waals surface area contributed by atoms with Gasteiger partial charge >= 0.3 is 0 Å². The minimum Gasteiger partial charge on any atom is -0.344 e. The summed E-state index contributed by atoms with van der Waals surface area (Å²) < 4.78 is 0. The normalized spacial score (nSPS) is 15.8. The maximum Gasteiger partial charge on any atom is 0.245 e. The van der Waals surface area contributed by atoms with E-state index in [1.54, 1.807) is 0 Å². The van der Waals surface area contributed by atoms with E-state index < -0.39 is 6.04 Å². The van der Waals surface area contributed by atoms with Crippen LogP contribution in [0.1, 0.15) is 50.2 Å². The topological polar surface area (TPSA) is 49.4 Å². The Hall–Kier alpha value is -2.33. The van der Waals surface area contributed by atoms with Crippen LogP contribution in [0.2, 0.25) is 5.02 Å². The summed E-state index contributed by atoms with van der Waals surface area (Å²) in [5.74, 6) is 0.464. The average Bonchev–Trinajstić information content (AvgIpc) is 2.77. The van der Waals surface area contributed by atoms with Crippen molar-refractivity contribution in [3.63, 3.8) is 0 Å². The molecule has 5 heteroatoms. The van der Waals surface area contributed by atoms with Crippen molar-refractivity contribution in [2.45, 2.75) is 51.5 Å². The number of benzene rings is 2. The summed E-state index contributed by atoms with van der Waals surface area (Å²) in [4.78, 5) is 27.5. The summed E-state index contributed by atoms with van der Waals surface area (Å²) in [5.41, 5.74) is 2.41. The molecule has 0 bridgehead atoms. The van der Waals surface area contributed by atoms with Crippen molar-refractivity contribution in [2.24, 2.45) is 5.92 Å². The first-order valence-electron chi connectivity index (χ1n) is 10.8. The molecule has 1 unspecified atom stereocenters. The van der Waals surface area contributed by atoms with Crippen molar-refractivity contribution in [2.75, 3.05) is 13.1 Å². The first-order chi connectivity index (χ1) is 14.4. The predicted octanol–water partition coefficient (Wildman–Crippen LogP) is 4.82. The first-order valence-corrected chi connectivity index (χ1v) is 11.2. The molecule has 30 heavy (non-hydrogen) atoms. The van der Waals surface area contributed by atoms with Crippen molar-refractivity contribution in [1.82, 2.24) is 10.2 Å². The van der Waals surface area contributed by atoms with E-state index >= 15 is 0 Å². The van der Waals surface area contributed by atoms with E-state index in [1.165, 1.54) is 5.56 Å². The second-order valence-corrected chi connectivity index (χ2v) is 8.86. The van der Waals surface area contributed by atoms with Gasteiger partial charge in [0.05, 0.1) is 0 Å². The molecule has 0 radical (unpaired) electrons. The molecule has 0 saturated carbocycles. The Morgan fingerprint density at radius 3 is 2.27 bits per heavy atom. The highest BCUT2D eigenvalue weighted by atomic mass is 35.5. The average molecular weight is 427 g/mol. The van der Waals surface area contributed by atoms with E-state index in [2.05, 4.69) is 17.4 Å². The quantitative estimate of drug-likeness (QED) is 0.690. The number of nitrogens with zero attached hydrogens (tertiary/aromatic N) is 1. The Kier molecular flexibility index (Phi) is 7.92. The summed E-state index contributed by atoms with van der Waals surface area (Å²) in [6.45, 7) is 5.41. The van der Waals surface area contributed by atoms with Gasteiger partial charge in [0, 0.05) is 24.5 Å². The number of likely N-dealkylation sites (tertiary alicyclic amines) is 1. The van der Waals surface area contributed by atoms with Gasteiger partial charge in [0.2, 0.25) is 11.8 Å². The molecule has 1 aliphatic rings. The standard InChI is InChI=1S/C25H31ClN2O2/c1-18(2)24(27-23(29)13-8-19-6-4-3-5-7-19)25(30)28-16-14-21(15-17-28)20-9-11-22(26)12-10-20/h3-7,9-12,18,21,24H,8,13-17H2,1-2H3,(H,27,29). The zero-order chi connectivity index (χ0) is 21.5. The van der Waals surface area contributed by atoms with Crippen LogP contribution in [-0.4, -0.2) is 35.8 Å². The number of hydrogen-bond acceptors (Lipinski definition) is 2. The summed E-state index contributed by atoms with van der Waals surface area (Å²) in [5, 5.41) is 3.73. The largest absolute Gasteiger partial charge is 0.344 e. The Balaban J connectivity index is 1.52. The molecule has 1 heterocycles. The Morgan fingerprint density at radius 2 is 1.67 bits per heavy atom. The molecule has 2 aromatic carbocycles. The second-order valence-electron chi connectivity index (χ2n) is 8.43. The Bertz CT molecular complexity index is 828. The van der Waals surface area contributed by atoms with Crippen molar-refractivity contribution in [1.29, 1.82) is 0 Å². The molecular formula is C25H31ClN2O2. The smallest absolute Gasteiger partial charge is 0.245 e. The number of carbonyl (C=O) groups excluding carboxylic acids is 2. The first kappa shape index (κ1) is 22.4. The SMILES string of the molecule is CC(C)C(NC(=O)CCc1ccccc1)C(=O)N1CCC(c2ccc(Cl)cc2)CC1. The van der Waals surface area contributed by atoms with E-state index in [0.29, 0.717) is 18.8 Å². The lowest BCUT2D eigenvalue weighted by Gasteiger charge is -2.35. The van der Waals surface area contributed by atoms with Gasteiger partial charge in [-0.05, 0) is 54.4 Å². The molecule has 1 saturated heterocycles. The number of amides is 2. The van der Waals surface area contributed by atoms with Crippen LogP contribution in [0.3, 0.4) is 0 Å². The minimum atomic E-state index is -0.472. The van der Waals surface area contributed by atoms with E-state index in [0.717, 1.165) is 36.5 Å². The van der Waals surface area contributed by atoms with Crippen LogP contribution >= 0.6 is 11.6 Å². The lowest BCUT2D eigenvalue weighted by atomic mass is 9.89. The zero-order valence-electron chi connectivity index (χ0n) is 17.8. The van der Waals surface area contributed by atoms with Crippen LogP contribution in [0.15, 0.2) is 54.6 Å². The van der Waals surface area contributed by atoms with E-state index in [-0.39, 0.29) is 17.7 Å². The molecule has 2 aromatic rings. The lowest BCUT2D eigenvalue weighted by Crippen LogP contribution is -2.52. The fourth-order valence-corrected chi connectivity index (χ4v) is 4.15. The van der Waals surface area contributed by atoms with Gasteiger partial charge in [-0.1, -0.05) is 67.9 Å². The number of carbonyl (C=O) groups is 2. The summed E-state index contributed by atoms with van der Waals surface area (Å²) in [7, 11) is 0. The molecule has 1 atom stereocenters. The van der Waals surface area contributed by atoms with Crippen LogP contribution in [0, 0.1) is 5.92 Å². The maximum absolute atomic E-state index is 13.1. The van der Waals surface area contributed by atoms with Crippen LogP contribution < -0.4 is 5.32 Å². The minimum absolute atomic E-state index is 0.0348. The number of nitrogens with one attached hydrogen (secondary N) is 1. The predicted molar refractivity (Wildman–Crippen MR) is 122 cm³/mol. The van der Waals surface area contributed by atoms with Gasteiger partial charge in [0.1, 0.15) is 6.04 Å². The number of piperidine rings is 1. The van der Waals surface area contributed by atoms with Crippen molar-refractivity contribution < 1.29 is 9.59 Å². The van der Waals surface area contributed by atoms with E-state index in [4.69, 9.17) is 11.6 Å². The van der Waals surface area contributed by atoms with Gasteiger partial charge in [-0.15, -0.1) is 0 Å². The fraction of sp³-hybridized carbons (Fsp3) is 0.440. The highest BCUT2D eigenvalue weighted by molar-refractivity contribution is 6.30. The Labute approximate surface area is 184 Å². The van der Waals surface area contributed by atoms with Crippen LogP contribution in [0.5, 0.6) is 0 Å². The third kappa shape index (κ3) is 6.09. The molecule has 160 valence electrons. The molecule has 0 aliphatic carbocycles. The number of aryl methyl sites for hydroxylation is 1. The maximum atomic E-state index is 13.1. The summed E-state index contributed by atoms with van der Waals surface area (Å²) >= 11 is 5.99. The van der Waals surface area contributed by atoms with Crippen LogP contribution in [-0.2, 0) is 16.0 Å². The van der Waals surface area contributed by atoms with Crippen molar-refractivity contribution in [3.05, 3.63) is 70.7 Å². The molecule has 1 fully saturated rings. The highest BCUT2D eigenvalue weighted by Gasteiger charge is 2.31. The number of rotatable bonds is 7. The van der Waals surface area contributed by atoms with Crippen LogP contribution in [0.4, 0.5) is 0 Å². The molecular weight excluding hydrogens is 396 g/mol. The van der Waals surface area contributed by atoms with Gasteiger partial charge < -0.3 is 10.2 Å².